The second kappa shape index (κ2) is 15.0. The van der Waals surface area contributed by atoms with E-state index in [4.69, 9.17) is 4.74 Å². The number of halogens is 1. The van der Waals surface area contributed by atoms with Gasteiger partial charge in [-0.05, 0) is 80.1 Å². The van der Waals surface area contributed by atoms with Gasteiger partial charge in [0.05, 0.1) is 17.5 Å². The first-order valence-electron chi connectivity index (χ1n) is 13.3. The molecule has 3 N–H and O–H groups in total. The van der Waals surface area contributed by atoms with E-state index in [0.29, 0.717) is 29.3 Å². The van der Waals surface area contributed by atoms with Gasteiger partial charge >= 0.3 is 0 Å². The largest absolute Gasteiger partial charge is 0.492 e. The van der Waals surface area contributed by atoms with E-state index in [1.54, 1.807) is 54.6 Å². The molecule has 0 aliphatic carbocycles. The summed E-state index contributed by atoms with van der Waals surface area (Å²) in [6.07, 6.45) is 1.62. The fourth-order valence-corrected chi connectivity index (χ4v) is 5.24. The minimum Gasteiger partial charge on any atom is -0.492 e. The zero-order chi connectivity index (χ0) is 29.9. The number of para-hydroxylation sites is 2. The molecule has 1 unspecified atom stereocenters. The summed E-state index contributed by atoms with van der Waals surface area (Å²) in [5.41, 5.74) is 2.38. The number of rotatable bonds is 11. The molecule has 9 heteroatoms. The highest BCUT2D eigenvalue weighted by molar-refractivity contribution is 9.10. The van der Waals surface area contributed by atoms with Crippen molar-refractivity contribution in [2.45, 2.75) is 24.0 Å². The van der Waals surface area contributed by atoms with Gasteiger partial charge in [-0.1, -0.05) is 64.5 Å². The number of ether oxygens (including phenoxy) is 1. The van der Waals surface area contributed by atoms with Gasteiger partial charge in [-0.2, -0.15) is 0 Å². The molecule has 214 valence electrons. The van der Waals surface area contributed by atoms with E-state index in [1.807, 2.05) is 68.4 Å². The van der Waals surface area contributed by atoms with E-state index in [1.165, 1.54) is 11.8 Å². The number of benzene rings is 4. The van der Waals surface area contributed by atoms with Gasteiger partial charge in [0.25, 0.3) is 11.8 Å². The van der Waals surface area contributed by atoms with Gasteiger partial charge in [0.15, 0.2) is 0 Å². The maximum absolute atomic E-state index is 13.4. The number of amides is 3. The molecule has 3 amide bonds. The normalized spacial score (nSPS) is 11.7. The summed E-state index contributed by atoms with van der Waals surface area (Å²) in [6.45, 7) is 4.19. The SMILES string of the molecule is CCOc1ccccc1NC(=O)C(C)Sc1cccc(NC(=O)/C(=C\c2cccc(Br)c2)NC(=O)c2ccccc2)c1. The molecule has 0 aromatic heterocycles. The van der Waals surface area contributed by atoms with Gasteiger partial charge in [-0.25, -0.2) is 0 Å². The topological polar surface area (TPSA) is 96.5 Å². The molecule has 4 aromatic carbocycles. The van der Waals surface area contributed by atoms with Crippen LogP contribution in [0.15, 0.2) is 118 Å². The van der Waals surface area contributed by atoms with Gasteiger partial charge in [-0.15, -0.1) is 11.8 Å². The third kappa shape index (κ3) is 8.83. The van der Waals surface area contributed by atoms with Crippen LogP contribution in [0.5, 0.6) is 5.75 Å². The zero-order valence-corrected chi connectivity index (χ0v) is 25.5. The third-order valence-electron chi connectivity index (χ3n) is 5.91. The fourth-order valence-electron chi connectivity index (χ4n) is 3.89. The van der Waals surface area contributed by atoms with Crippen molar-refractivity contribution in [3.8, 4) is 5.75 Å². The van der Waals surface area contributed by atoms with E-state index in [0.717, 1.165) is 14.9 Å². The van der Waals surface area contributed by atoms with Crippen LogP contribution in [0.25, 0.3) is 6.08 Å². The monoisotopic (exact) mass is 643 g/mol. The van der Waals surface area contributed by atoms with Crippen molar-refractivity contribution in [1.82, 2.24) is 5.32 Å². The summed E-state index contributed by atoms with van der Waals surface area (Å²) < 4.78 is 6.45. The number of carbonyl (C=O) groups is 3. The van der Waals surface area contributed by atoms with Crippen LogP contribution in [0.4, 0.5) is 11.4 Å². The van der Waals surface area contributed by atoms with Crippen LogP contribution in [0.2, 0.25) is 0 Å². The Balaban J connectivity index is 1.47. The lowest BCUT2D eigenvalue weighted by Gasteiger charge is -2.15. The Kier molecular flexibility index (Phi) is 11.0. The predicted octanol–water partition coefficient (Wildman–Crippen LogP) is 7.38. The van der Waals surface area contributed by atoms with Gasteiger partial charge in [0, 0.05) is 20.6 Å². The Morgan fingerprint density at radius 1 is 0.881 bits per heavy atom. The molecule has 0 bridgehead atoms. The smallest absolute Gasteiger partial charge is 0.272 e. The van der Waals surface area contributed by atoms with Crippen LogP contribution in [0, 0.1) is 0 Å². The van der Waals surface area contributed by atoms with E-state index in [9.17, 15) is 14.4 Å². The summed E-state index contributed by atoms with van der Waals surface area (Å²) in [4.78, 5) is 40.0. The highest BCUT2D eigenvalue weighted by Crippen LogP contribution is 2.29. The Morgan fingerprint density at radius 2 is 1.62 bits per heavy atom. The number of anilines is 2. The van der Waals surface area contributed by atoms with Gasteiger partial charge in [-0.3, -0.25) is 14.4 Å². The van der Waals surface area contributed by atoms with Crippen LogP contribution < -0.4 is 20.7 Å². The van der Waals surface area contributed by atoms with Crippen LogP contribution >= 0.6 is 27.7 Å². The predicted molar refractivity (Wildman–Crippen MR) is 173 cm³/mol. The quantitative estimate of drug-likeness (QED) is 0.117. The van der Waals surface area contributed by atoms with Crippen molar-refractivity contribution in [2.24, 2.45) is 0 Å². The average Bonchev–Trinajstić information content (AvgIpc) is 2.98. The fraction of sp³-hybridized carbons (Fsp3) is 0.121. The lowest BCUT2D eigenvalue weighted by Crippen LogP contribution is -2.30. The van der Waals surface area contributed by atoms with Crippen molar-refractivity contribution < 1.29 is 19.1 Å². The minimum atomic E-state index is -0.486. The summed E-state index contributed by atoms with van der Waals surface area (Å²) in [5.74, 6) is -0.451. The molecule has 0 heterocycles. The average molecular weight is 645 g/mol. The summed E-state index contributed by atoms with van der Waals surface area (Å²) in [7, 11) is 0. The van der Waals surface area contributed by atoms with Crippen molar-refractivity contribution in [3.63, 3.8) is 0 Å². The van der Waals surface area contributed by atoms with Crippen molar-refractivity contribution in [2.75, 3.05) is 17.2 Å². The summed E-state index contributed by atoms with van der Waals surface area (Å²) in [6, 6.07) is 30.6. The summed E-state index contributed by atoms with van der Waals surface area (Å²) >= 11 is 4.80. The first kappa shape index (κ1) is 30.6. The highest BCUT2D eigenvalue weighted by atomic mass is 79.9. The standard InChI is InChI=1S/C33H30BrN3O4S/c1-3-41-30-18-8-7-17-28(30)36-31(38)22(2)42-27-16-10-15-26(21-27)35-33(40)29(20-23-11-9-14-25(34)19-23)37-32(39)24-12-5-4-6-13-24/h4-22H,3H2,1-2H3,(H,35,40)(H,36,38)(H,37,39)/b29-20+. The molecule has 0 fully saturated rings. The van der Waals surface area contributed by atoms with Crippen LogP contribution in [0.1, 0.15) is 29.8 Å². The van der Waals surface area contributed by atoms with E-state index >= 15 is 0 Å². The Labute approximate surface area is 257 Å². The van der Waals surface area contributed by atoms with E-state index in [-0.39, 0.29) is 11.6 Å². The van der Waals surface area contributed by atoms with Crippen LogP contribution in [-0.4, -0.2) is 29.6 Å². The lowest BCUT2D eigenvalue weighted by atomic mass is 10.1. The molecule has 0 aliphatic rings. The molecule has 0 saturated heterocycles. The first-order chi connectivity index (χ1) is 20.3. The lowest BCUT2D eigenvalue weighted by molar-refractivity contribution is -0.115. The number of nitrogens with one attached hydrogen (secondary N) is 3. The van der Waals surface area contributed by atoms with E-state index < -0.39 is 17.1 Å². The summed E-state index contributed by atoms with van der Waals surface area (Å²) in [5, 5.41) is 8.12. The Bertz CT molecular complexity index is 1590. The highest BCUT2D eigenvalue weighted by Gasteiger charge is 2.18. The van der Waals surface area contributed by atoms with E-state index in [2.05, 4.69) is 31.9 Å². The van der Waals surface area contributed by atoms with Crippen molar-refractivity contribution in [3.05, 3.63) is 124 Å². The van der Waals surface area contributed by atoms with Crippen LogP contribution in [0.3, 0.4) is 0 Å². The molecule has 0 radical (unpaired) electrons. The Morgan fingerprint density at radius 3 is 2.38 bits per heavy atom. The van der Waals surface area contributed by atoms with Crippen LogP contribution in [-0.2, 0) is 9.59 Å². The van der Waals surface area contributed by atoms with Crippen molar-refractivity contribution in [1.29, 1.82) is 0 Å². The molecule has 0 aliphatic heterocycles. The van der Waals surface area contributed by atoms with Gasteiger partial charge in [0.2, 0.25) is 5.91 Å². The second-order valence-electron chi connectivity index (χ2n) is 9.09. The maximum atomic E-state index is 13.4. The zero-order valence-electron chi connectivity index (χ0n) is 23.1. The van der Waals surface area contributed by atoms with Gasteiger partial charge in [0.1, 0.15) is 11.4 Å². The minimum absolute atomic E-state index is 0.0840. The molecule has 42 heavy (non-hydrogen) atoms. The number of hydrogen-bond donors (Lipinski definition) is 3. The molecule has 0 spiro atoms. The third-order valence-corrected chi connectivity index (χ3v) is 7.49. The van der Waals surface area contributed by atoms with Crippen molar-refractivity contribution >= 4 is 62.9 Å². The number of hydrogen-bond acceptors (Lipinski definition) is 5. The molecular formula is C33H30BrN3O4S. The first-order valence-corrected chi connectivity index (χ1v) is 14.9. The molecule has 7 nitrogen and oxygen atoms in total. The molecule has 1 atom stereocenters. The maximum Gasteiger partial charge on any atom is 0.272 e. The molecular weight excluding hydrogens is 614 g/mol. The molecule has 4 rings (SSSR count). The number of thioether (sulfide) groups is 1. The van der Waals surface area contributed by atoms with Gasteiger partial charge < -0.3 is 20.7 Å². The Hall–Kier alpha value is -4.34. The molecule has 4 aromatic rings. The number of carbonyl (C=O) groups excluding carboxylic acids is 3. The molecule has 0 saturated carbocycles. The second-order valence-corrected chi connectivity index (χ2v) is 11.4.